The first kappa shape index (κ1) is 22.1. The van der Waals surface area contributed by atoms with Crippen LogP contribution in [0.15, 0.2) is 47.6 Å². The quantitative estimate of drug-likeness (QED) is 0.404. The Hall–Kier alpha value is -2.09. The third kappa shape index (κ3) is 4.89. The Morgan fingerprint density at radius 1 is 1.16 bits per heavy atom. The van der Waals surface area contributed by atoms with Crippen molar-refractivity contribution >= 4 is 46.6 Å². The van der Waals surface area contributed by atoms with Crippen molar-refractivity contribution in [3.05, 3.63) is 58.3 Å². The SMILES string of the molecule is CC(Sc1nnc(-c2ccccc2Cl)n1C1CCCC1)C(=O)Nc1ccc(F)cc1Cl. The predicted octanol–water partition coefficient (Wildman–Crippen LogP) is 6.63. The van der Waals surface area contributed by atoms with Crippen LogP contribution in [0, 0.1) is 5.82 Å². The van der Waals surface area contributed by atoms with E-state index in [1.165, 1.54) is 30.0 Å². The summed E-state index contributed by atoms with van der Waals surface area (Å²) in [4.78, 5) is 12.8. The minimum Gasteiger partial charge on any atom is -0.324 e. The molecule has 1 heterocycles. The highest BCUT2D eigenvalue weighted by Gasteiger charge is 2.28. The molecule has 0 bridgehead atoms. The van der Waals surface area contributed by atoms with Crippen molar-refractivity contribution in [1.82, 2.24) is 14.8 Å². The average molecular weight is 479 g/mol. The van der Waals surface area contributed by atoms with E-state index in [4.69, 9.17) is 23.2 Å². The summed E-state index contributed by atoms with van der Waals surface area (Å²) in [7, 11) is 0. The van der Waals surface area contributed by atoms with Crippen molar-refractivity contribution in [2.24, 2.45) is 0 Å². The molecule has 4 rings (SSSR count). The van der Waals surface area contributed by atoms with Crippen LogP contribution in [0.25, 0.3) is 11.4 Å². The largest absolute Gasteiger partial charge is 0.324 e. The highest BCUT2D eigenvalue weighted by molar-refractivity contribution is 8.00. The number of nitrogens with one attached hydrogen (secondary N) is 1. The van der Waals surface area contributed by atoms with E-state index in [9.17, 15) is 9.18 Å². The minimum atomic E-state index is -0.468. The van der Waals surface area contributed by atoms with Crippen LogP contribution in [0.4, 0.5) is 10.1 Å². The fraction of sp³-hybridized carbons (Fsp3) is 0.318. The summed E-state index contributed by atoms with van der Waals surface area (Å²) in [5, 5.41) is 12.6. The van der Waals surface area contributed by atoms with Crippen molar-refractivity contribution in [1.29, 1.82) is 0 Å². The Morgan fingerprint density at radius 3 is 2.61 bits per heavy atom. The smallest absolute Gasteiger partial charge is 0.237 e. The third-order valence-corrected chi connectivity index (χ3v) is 7.01. The molecular weight excluding hydrogens is 458 g/mol. The van der Waals surface area contributed by atoms with Gasteiger partial charge in [-0.1, -0.05) is 59.9 Å². The Bertz CT molecular complexity index is 1100. The van der Waals surface area contributed by atoms with E-state index in [1.807, 2.05) is 24.3 Å². The van der Waals surface area contributed by atoms with Gasteiger partial charge in [-0.3, -0.25) is 9.36 Å². The second kappa shape index (κ2) is 9.59. The maximum Gasteiger partial charge on any atom is 0.237 e. The molecule has 0 spiro atoms. The number of aromatic nitrogens is 3. The number of amides is 1. The fourth-order valence-corrected chi connectivity index (χ4v) is 5.07. The zero-order valence-corrected chi connectivity index (χ0v) is 19.1. The first-order valence-electron chi connectivity index (χ1n) is 10.1. The Kier molecular flexibility index (Phi) is 6.84. The molecule has 0 radical (unpaired) electrons. The normalized spacial score (nSPS) is 15.2. The maximum atomic E-state index is 13.3. The van der Waals surface area contributed by atoms with E-state index in [0.29, 0.717) is 21.7 Å². The lowest BCUT2D eigenvalue weighted by Gasteiger charge is -2.19. The van der Waals surface area contributed by atoms with Crippen molar-refractivity contribution < 1.29 is 9.18 Å². The molecule has 1 N–H and O–H groups in total. The van der Waals surface area contributed by atoms with E-state index in [-0.39, 0.29) is 17.0 Å². The first-order valence-corrected chi connectivity index (χ1v) is 11.7. The van der Waals surface area contributed by atoms with Crippen LogP contribution in [-0.4, -0.2) is 25.9 Å². The summed E-state index contributed by atoms with van der Waals surface area (Å²) in [5.41, 5.74) is 1.19. The summed E-state index contributed by atoms with van der Waals surface area (Å²) in [6.45, 7) is 1.79. The second-order valence-corrected chi connectivity index (χ2v) is 9.59. The summed E-state index contributed by atoms with van der Waals surface area (Å²) in [6, 6.07) is 11.7. The molecule has 1 fully saturated rings. The third-order valence-electron chi connectivity index (χ3n) is 5.31. The van der Waals surface area contributed by atoms with Gasteiger partial charge in [-0.15, -0.1) is 10.2 Å². The van der Waals surface area contributed by atoms with Gasteiger partial charge < -0.3 is 5.32 Å². The summed E-state index contributed by atoms with van der Waals surface area (Å²) in [5.74, 6) is 0.00940. The van der Waals surface area contributed by atoms with Gasteiger partial charge in [-0.25, -0.2) is 4.39 Å². The molecular formula is C22H21Cl2FN4OS. The van der Waals surface area contributed by atoms with Crippen LogP contribution in [0.1, 0.15) is 38.6 Å². The summed E-state index contributed by atoms with van der Waals surface area (Å²) >= 11 is 13.8. The van der Waals surface area contributed by atoms with Gasteiger partial charge in [0.2, 0.25) is 5.91 Å². The monoisotopic (exact) mass is 478 g/mol. The molecule has 1 unspecified atom stereocenters. The van der Waals surface area contributed by atoms with Crippen molar-refractivity contribution in [3.8, 4) is 11.4 Å². The fourth-order valence-electron chi connectivity index (χ4n) is 3.71. The van der Waals surface area contributed by atoms with Crippen LogP contribution >= 0.6 is 35.0 Å². The minimum absolute atomic E-state index is 0.153. The van der Waals surface area contributed by atoms with Crippen LogP contribution in [-0.2, 0) is 4.79 Å². The zero-order valence-electron chi connectivity index (χ0n) is 16.8. The maximum absolute atomic E-state index is 13.3. The molecule has 2 aromatic carbocycles. The highest BCUT2D eigenvalue weighted by Crippen LogP contribution is 2.39. The summed E-state index contributed by atoms with van der Waals surface area (Å²) < 4.78 is 15.4. The summed E-state index contributed by atoms with van der Waals surface area (Å²) in [6.07, 6.45) is 4.37. The average Bonchev–Trinajstić information content (AvgIpc) is 3.40. The number of rotatable bonds is 6. The molecule has 3 aromatic rings. The lowest BCUT2D eigenvalue weighted by atomic mass is 10.2. The standard InChI is InChI=1S/C22H21Cl2FN4OS/c1-13(21(30)26-19-11-10-14(25)12-18(19)24)31-22-28-27-20(16-8-4-5-9-17(16)23)29(22)15-6-2-3-7-15/h4-5,8-13,15H,2-3,6-7H2,1H3,(H,26,30). The van der Waals surface area contributed by atoms with Gasteiger partial charge in [0.15, 0.2) is 11.0 Å². The molecule has 0 aliphatic heterocycles. The predicted molar refractivity (Wildman–Crippen MR) is 123 cm³/mol. The molecule has 162 valence electrons. The van der Waals surface area contributed by atoms with Crippen LogP contribution < -0.4 is 5.32 Å². The number of hydrogen-bond acceptors (Lipinski definition) is 4. The Labute approximate surface area is 194 Å². The van der Waals surface area contributed by atoms with Gasteiger partial charge in [0.1, 0.15) is 5.82 Å². The molecule has 1 aromatic heterocycles. The van der Waals surface area contributed by atoms with Gasteiger partial charge in [0.25, 0.3) is 0 Å². The van der Waals surface area contributed by atoms with Crippen LogP contribution in [0.3, 0.4) is 0 Å². The van der Waals surface area contributed by atoms with Crippen molar-refractivity contribution in [2.75, 3.05) is 5.32 Å². The molecule has 1 amide bonds. The number of halogens is 3. The Morgan fingerprint density at radius 2 is 1.90 bits per heavy atom. The van der Waals surface area contributed by atoms with Gasteiger partial charge in [-0.05, 0) is 50.1 Å². The number of nitrogens with zero attached hydrogens (tertiary/aromatic N) is 3. The van der Waals surface area contributed by atoms with Crippen molar-refractivity contribution in [2.45, 2.75) is 49.1 Å². The lowest BCUT2D eigenvalue weighted by molar-refractivity contribution is -0.115. The molecule has 0 saturated heterocycles. The number of carbonyl (C=O) groups is 1. The number of benzene rings is 2. The van der Waals surface area contributed by atoms with E-state index >= 15 is 0 Å². The Balaban J connectivity index is 1.59. The first-order chi connectivity index (χ1) is 14.9. The topological polar surface area (TPSA) is 59.8 Å². The number of anilines is 1. The van der Waals surface area contributed by atoms with Crippen molar-refractivity contribution in [3.63, 3.8) is 0 Å². The molecule has 31 heavy (non-hydrogen) atoms. The molecule has 1 atom stereocenters. The number of hydrogen-bond donors (Lipinski definition) is 1. The molecule has 1 aliphatic rings. The lowest BCUT2D eigenvalue weighted by Crippen LogP contribution is -2.23. The van der Waals surface area contributed by atoms with Crippen LogP contribution in [0.2, 0.25) is 10.0 Å². The molecule has 1 saturated carbocycles. The number of carbonyl (C=O) groups excluding carboxylic acids is 1. The van der Waals surface area contributed by atoms with Gasteiger partial charge in [0.05, 0.1) is 21.0 Å². The zero-order chi connectivity index (χ0) is 22.0. The molecule has 9 heteroatoms. The number of thioether (sulfide) groups is 1. The molecule has 5 nitrogen and oxygen atoms in total. The van der Waals surface area contributed by atoms with Gasteiger partial charge >= 0.3 is 0 Å². The molecule has 1 aliphatic carbocycles. The van der Waals surface area contributed by atoms with E-state index in [0.717, 1.165) is 31.2 Å². The van der Waals surface area contributed by atoms with E-state index in [2.05, 4.69) is 20.1 Å². The highest BCUT2D eigenvalue weighted by atomic mass is 35.5. The second-order valence-electron chi connectivity index (χ2n) is 7.47. The van der Waals surface area contributed by atoms with Crippen LogP contribution in [0.5, 0.6) is 0 Å². The van der Waals surface area contributed by atoms with Gasteiger partial charge in [-0.2, -0.15) is 0 Å². The van der Waals surface area contributed by atoms with E-state index < -0.39 is 11.1 Å². The van der Waals surface area contributed by atoms with Gasteiger partial charge in [0, 0.05) is 11.6 Å². The van der Waals surface area contributed by atoms with E-state index in [1.54, 1.807) is 6.92 Å².